The number of carbonyl (C=O) groups excluding carboxylic acids is 2. The fourth-order valence-electron chi connectivity index (χ4n) is 2.70. The summed E-state index contributed by atoms with van der Waals surface area (Å²) in [5.41, 5.74) is 0.904. The van der Waals surface area contributed by atoms with Gasteiger partial charge >= 0.3 is 16.3 Å². The minimum atomic E-state index is -4.69. The molecule has 0 saturated heterocycles. The Morgan fingerprint density at radius 1 is 0.931 bits per heavy atom. The molecule has 150 valence electrons. The van der Waals surface area contributed by atoms with Crippen LogP contribution in [0.1, 0.15) is 6.92 Å². The summed E-state index contributed by atoms with van der Waals surface area (Å²) in [6, 6.07) is 15.9. The molecule has 3 amide bonds. The van der Waals surface area contributed by atoms with E-state index in [1.54, 1.807) is 60.7 Å². The van der Waals surface area contributed by atoms with Crippen molar-refractivity contribution in [2.24, 2.45) is 0 Å². The van der Waals surface area contributed by atoms with Crippen molar-refractivity contribution in [2.75, 3.05) is 10.6 Å². The highest BCUT2D eigenvalue weighted by molar-refractivity contribution is 7.84. The minimum absolute atomic E-state index is 0.188. The van der Waals surface area contributed by atoms with Gasteiger partial charge in [0.25, 0.3) is 0 Å². The van der Waals surface area contributed by atoms with Gasteiger partial charge in [0.15, 0.2) is 0 Å². The molecule has 29 heavy (non-hydrogen) atoms. The number of hydrogen-bond donors (Lipinski definition) is 4. The van der Waals surface area contributed by atoms with Gasteiger partial charge in [-0.1, -0.05) is 24.3 Å². The second kappa shape index (κ2) is 8.17. The van der Waals surface area contributed by atoms with Crippen molar-refractivity contribution >= 4 is 44.4 Å². The minimum Gasteiger partial charge on any atom is -0.457 e. The second-order valence-corrected chi connectivity index (χ2v) is 7.15. The molecular weight excluding hydrogens is 398 g/mol. The van der Waals surface area contributed by atoms with E-state index in [1.165, 1.54) is 11.6 Å². The van der Waals surface area contributed by atoms with Gasteiger partial charge in [-0.2, -0.15) is 8.42 Å². The molecule has 0 heterocycles. The largest absolute Gasteiger partial charge is 0.457 e. The number of anilines is 2. The maximum Gasteiger partial charge on any atom is 0.361 e. The fourth-order valence-corrected chi connectivity index (χ4v) is 2.98. The third-order valence-corrected chi connectivity index (χ3v) is 4.18. The number of nitrogens with one attached hydrogen (secondary N) is 3. The number of hydrogen-bond acceptors (Lipinski definition) is 5. The summed E-state index contributed by atoms with van der Waals surface area (Å²) in [6.45, 7) is 1.41. The van der Waals surface area contributed by atoms with Crippen LogP contribution in [0.25, 0.3) is 10.8 Å². The van der Waals surface area contributed by atoms with Gasteiger partial charge in [0, 0.05) is 18.0 Å². The molecule has 0 radical (unpaired) electrons. The van der Waals surface area contributed by atoms with Gasteiger partial charge in [0.05, 0.1) is 5.69 Å². The third kappa shape index (κ3) is 5.43. The number of urea groups is 1. The Hall–Kier alpha value is -3.63. The topological polar surface area (TPSA) is 134 Å². The van der Waals surface area contributed by atoms with Gasteiger partial charge in [0.2, 0.25) is 5.91 Å². The Labute approximate surface area is 166 Å². The predicted octanol–water partition coefficient (Wildman–Crippen LogP) is 3.51. The van der Waals surface area contributed by atoms with Crippen molar-refractivity contribution in [3.8, 4) is 11.5 Å². The molecule has 3 aromatic rings. The second-order valence-electron chi connectivity index (χ2n) is 6.00. The van der Waals surface area contributed by atoms with E-state index in [-0.39, 0.29) is 11.6 Å². The molecule has 0 fully saturated rings. The number of carbonyl (C=O) groups is 2. The summed E-state index contributed by atoms with van der Waals surface area (Å²) in [5, 5.41) is 6.31. The van der Waals surface area contributed by atoms with Gasteiger partial charge < -0.3 is 15.4 Å². The number of amides is 3. The lowest BCUT2D eigenvalue weighted by molar-refractivity contribution is -0.114. The van der Waals surface area contributed by atoms with Crippen molar-refractivity contribution in [1.82, 2.24) is 4.72 Å². The quantitative estimate of drug-likeness (QED) is 0.471. The van der Waals surface area contributed by atoms with Crippen LogP contribution < -0.4 is 20.1 Å². The van der Waals surface area contributed by atoms with Crippen molar-refractivity contribution in [3.63, 3.8) is 0 Å². The van der Waals surface area contributed by atoms with E-state index in [1.807, 2.05) is 0 Å². The van der Waals surface area contributed by atoms with Crippen molar-refractivity contribution < 1.29 is 27.3 Å². The van der Waals surface area contributed by atoms with Crippen LogP contribution in [-0.2, 0) is 15.1 Å². The summed E-state index contributed by atoms with van der Waals surface area (Å²) < 4.78 is 37.8. The molecule has 0 aliphatic carbocycles. The lowest BCUT2D eigenvalue weighted by Crippen LogP contribution is -2.33. The number of rotatable bonds is 5. The average Bonchev–Trinajstić information content (AvgIpc) is 2.61. The molecular formula is C19H17N3O6S. The highest BCUT2D eigenvalue weighted by Crippen LogP contribution is 2.35. The van der Waals surface area contributed by atoms with Gasteiger partial charge in [0.1, 0.15) is 11.5 Å². The van der Waals surface area contributed by atoms with Crippen LogP contribution >= 0.6 is 0 Å². The maximum atomic E-state index is 11.8. The Morgan fingerprint density at radius 2 is 1.59 bits per heavy atom. The lowest BCUT2D eigenvalue weighted by Gasteiger charge is -2.14. The molecule has 0 unspecified atom stereocenters. The highest BCUT2D eigenvalue weighted by Gasteiger charge is 2.14. The maximum absolute atomic E-state index is 11.8. The molecule has 4 N–H and O–H groups in total. The molecule has 3 aromatic carbocycles. The van der Waals surface area contributed by atoms with E-state index in [2.05, 4.69) is 10.6 Å². The average molecular weight is 415 g/mol. The Kier molecular flexibility index (Phi) is 5.66. The number of ether oxygens (including phenoxy) is 1. The van der Waals surface area contributed by atoms with Crippen molar-refractivity contribution in [2.45, 2.75) is 6.92 Å². The van der Waals surface area contributed by atoms with Crippen LogP contribution in [-0.4, -0.2) is 24.9 Å². The van der Waals surface area contributed by atoms with Crippen LogP contribution in [0.15, 0.2) is 60.7 Å². The standard InChI is InChI=1S/C19H17N3O6S/c1-12(23)20-14-8-10-15(11-9-14)28-17-7-3-5-13-4-2-6-16(18(13)17)21-19(24)22-29(25,26)27/h2-11H,1H3,(H,20,23)(H2,21,22,24)(H,25,26,27). The van der Waals surface area contributed by atoms with Crippen LogP contribution in [0.3, 0.4) is 0 Å². The Bertz CT molecular complexity index is 1170. The van der Waals surface area contributed by atoms with Crippen LogP contribution in [0.2, 0.25) is 0 Å². The Morgan fingerprint density at radius 3 is 2.21 bits per heavy atom. The van der Waals surface area contributed by atoms with Crippen LogP contribution in [0.5, 0.6) is 11.5 Å². The van der Waals surface area contributed by atoms with Gasteiger partial charge in [-0.3, -0.25) is 9.35 Å². The first kappa shape index (κ1) is 20.1. The molecule has 0 atom stereocenters. The zero-order valence-corrected chi connectivity index (χ0v) is 16.0. The van der Waals surface area contributed by atoms with Gasteiger partial charge in [-0.05, 0) is 41.8 Å². The Balaban J connectivity index is 1.92. The molecule has 0 aliphatic rings. The summed E-state index contributed by atoms with van der Waals surface area (Å²) in [6.07, 6.45) is 0. The number of benzene rings is 3. The first-order valence-electron chi connectivity index (χ1n) is 8.35. The van der Waals surface area contributed by atoms with Crippen molar-refractivity contribution in [1.29, 1.82) is 0 Å². The smallest absolute Gasteiger partial charge is 0.361 e. The van der Waals surface area contributed by atoms with E-state index in [0.29, 0.717) is 22.6 Å². The first-order valence-corrected chi connectivity index (χ1v) is 9.79. The molecule has 0 aliphatic heterocycles. The lowest BCUT2D eigenvalue weighted by atomic mass is 10.1. The summed E-state index contributed by atoms with van der Waals surface area (Å²) in [4.78, 5) is 22.9. The summed E-state index contributed by atoms with van der Waals surface area (Å²) in [7, 11) is -4.69. The molecule has 9 nitrogen and oxygen atoms in total. The zero-order valence-electron chi connectivity index (χ0n) is 15.2. The number of fused-ring (bicyclic) bond motifs is 1. The van der Waals surface area contributed by atoms with Crippen LogP contribution in [0.4, 0.5) is 16.2 Å². The third-order valence-electron chi connectivity index (χ3n) is 3.74. The normalized spacial score (nSPS) is 11.0. The van der Waals surface area contributed by atoms with E-state index in [4.69, 9.17) is 9.29 Å². The zero-order chi connectivity index (χ0) is 21.0. The monoisotopic (exact) mass is 415 g/mol. The molecule has 0 aromatic heterocycles. The van der Waals surface area contributed by atoms with Gasteiger partial charge in [-0.25, -0.2) is 9.52 Å². The van der Waals surface area contributed by atoms with E-state index in [0.717, 1.165) is 5.39 Å². The van der Waals surface area contributed by atoms with Gasteiger partial charge in [-0.15, -0.1) is 0 Å². The SMILES string of the molecule is CC(=O)Nc1ccc(Oc2cccc3cccc(NC(=O)NS(=O)(=O)O)c23)cc1. The van der Waals surface area contributed by atoms with E-state index < -0.39 is 16.3 Å². The highest BCUT2D eigenvalue weighted by atomic mass is 32.2. The fraction of sp³-hybridized carbons (Fsp3) is 0.0526. The van der Waals surface area contributed by atoms with E-state index >= 15 is 0 Å². The summed E-state index contributed by atoms with van der Waals surface area (Å²) >= 11 is 0. The molecule has 0 bridgehead atoms. The van der Waals surface area contributed by atoms with Crippen molar-refractivity contribution in [3.05, 3.63) is 60.7 Å². The molecule has 0 spiro atoms. The summed E-state index contributed by atoms with van der Waals surface area (Å²) in [5.74, 6) is 0.716. The molecule has 0 saturated carbocycles. The predicted molar refractivity (Wildman–Crippen MR) is 108 cm³/mol. The van der Waals surface area contributed by atoms with Crippen LogP contribution in [0, 0.1) is 0 Å². The molecule has 10 heteroatoms. The van der Waals surface area contributed by atoms with E-state index in [9.17, 15) is 18.0 Å². The molecule has 3 rings (SSSR count). The first-order chi connectivity index (χ1) is 13.7.